The number of allylic oxidation sites excluding steroid dienone is 2. The van der Waals surface area contributed by atoms with Gasteiger partial charge in [0.1, 0.15) is 0 Å². The third-order valence-electron chi connectivity index (χ3n) is 3.45. The van der Waals surface area contributed by atoms with Crippen LogP contribution < -0.4 is 0 Å². The van der Waals surface area contributed by atoms with E-state index in [1.54, 1.807) is 12.2 Å². The van der Waals surface area contributed by atoms with Crippen LogP contribution in [0.2, 0.25) is 0 Å². The normalized spacial score (nSPS) is 31.9. The van der Waals surface area contributed by atoms with Crippen LogP contribution in [0.3, 0.4) is 0 Å². The van der Waals surface area contributed by atoms with Gasteiger partial charge in [0.25, 0.3) is 0 Å². The van der Waals surface area contributed by atoms with Gasteiger partial charge in [0.15, 0.2) is 0 Å². The summed E-state index contributed by atoms with van der Waals surface area (Å²) in [5.41, 5.74) is 1.69. The molecule has 0 amide bonds. The molecular weight excluding hydrogens is 270 g/mol. The largest absolute Gasteiger partial charge is 0.478 e. The molecule has 1 saturated heterocycles. The molecule has 2 aliphatic rings. The monoisotopic (exact) mass is 285 g/mol. The van der Waals surface area contributed by atoms with Crippen LogP contribution in [0.1, 0.15) is 13.8 Å². The number of hydrogen-bond acceptors (Lipinski definition) is 2. The van der Waals surface area contributed by atoms with Gasteiger partial charge in [-0.1, -0.05) is 35.9 Å². The molecule has 1 aliphatic heterocycles. The van der Waals surface area contributed by atoms with Crippen LogP contribution in [0.15, 0.2) is 23.4 Å². The van der Waals surface area contributed by atoms with Crippen molar-refractivity contribution in [2.45, 2.75) is 18.7 Å². The molecule has 2 rings (SSSR count). The zero-order valence-electron chi connectivity index (χ0n) is 9.70. The molecule has 0 aromatic rings. The van der Waals surface area contributed by atoms with Crippen LogP contribution in [0.25, 0.3) is 0 Å². The Bertz CT molecular complexity index is 398. The molecule has 1 aliphatic carbocycles. The van der Waals surface area contributed by atoms with Gasteiger partial charge in [-0.3, -0.25) is 0 Å². The predicted molar refractivity (Wildman–Crippen MR) is 66.4 cm³/mol. The summed E-state index contributed by atoms with van der Waals surface area (Å²) < 4.78 is 0. The number of carboxylic acid groups (broad SMARTS) is 1. The maximum Gasteiger partial charge on any atom is 0.335 e. The number of likely N-dealkylation sites (tertiary alicyclic amines) is 1. The minimum Gasteiger partial charge on any atom is -0.478 e. The lowest BCUT2D eigenvalue weighted by atomic mass is 9.76. The van der Waals surface area contributed by atoms with Gasteiger partial charge in [-0.15, -0.1) is 0 Å². The van der Waals surface area contributed by atoms with E-state index in [1.807, 2.05) is 7.05 Å². The average molecular weight is 286 g/mol. The van der Waals surface area contributed by atoms with E-state index in [1.165, 1.54) is 0 Å². The molecule has 0 aromatic heterocycles. The Labute approximate surface area is 104 Å². The molecular formula is C12H16BrNO2. The summed E-state index contributed by atoms with van der Waals surface area (Å²) in [4.78, 5) is 13.3. The summed E-state index contributed by atoms with van der Waals surface area (Å²) in [5, 5.41) is 9.04. The molecule has 1 fully saturated rings. The fourth-order valence-corrected chi connectivity index (χ4v) is 4.11. The lowest BCUT2D eigenvalue weighted by molar-refractivity contribution is -0.132. The van der Waals surface area contributed by atoms with Crippen molar-refractivity contribution >= 4 is 21.9 Å². The van der Waals surface area contributed by atoms with E-state index in [4.69, 9.17) is 5.11 Å². The van der Waals surface area contributed by atoms with E-state index in [2.05, 4.69) is 34.7 Å². The molecule has 0 radical (unpaired) electrons. The molecule has 3 nitrogen and oxygen atoms in total. The van der Waals surface area contributed by atoms with Gasteiger partial charge < -0.3 is 10.0 Å². The van der Waals surface area contributed by atoms with E-state index < -0.39 is 5.97 Å². The van der Waals surface area contributed by atoms with Crippen molar-refractivity contribution in [3.63, 3.8) is 0 Å². The fraction of sp³-hybridized carbons (Fsp3) is 0.583. The third kappa shape index (κ3) is 1.69. The first-order valence-corrected chi connectivity index (χ1v) is 6.26. The van der Waals surface area contributed by atoms with Gasteiger partial charge in [-0.05, 0) is 11.5 Å². The Kier molecular flexibility index (Phi) is 2.65. The number of fused-ring (bicyclic) bond motifs is 1. The second-order valence-electron chi connectivity index (χ2n) is 5.26. The summed E-state index contributed by atoms with van der Waals surface area (Å²) in [6, 6.07) is 0. The van der Waals surface area contributed by atoms with E-state index in [0.29, 0.717) is 11.5 Å². The van der Waals surface area contributed by atoms with E-state index in [9.17, 15) is 4.79 Å². The molecule has 88 valence electrons. The predicted octanol–water partition coefficient (Wildman–Crippen LogP) is 2.25. The maximum absolute atomic E-state index is 11.0. The van der Waals surface area contributed by atoms with Crippen molar-refractivity contribution in [3.8, 4) is 0 Å². The summed E-state index contributed by atoms with van der Waals surface area (Å²) in [6.45, 7) is 5.41. The third-order valence-corrected chi connectivity index (χ3v) is 4.25. The molecule has 2 atom stereocenters. The van der Waals surface area contributed by atoms with Gasteiger partial charge >= 0.3 is 5.97 Å². The highest BCUT2D eigenvalue weighted by Gasteiger charge is 2.46. The SMILES string of the molecule is CN1CC(C)(C)C2C1=CC(C(=O)O)=CC2Br. The summed E-state index contributed by atoms with van der Waals surface area (Å²) in [7, 11) is 2.03. The minimum absolute atomic E-state index is 0.110. The highest BCUT2D eigenvalue weighted by atomic mass is 79.9. The zero-order chi connectivity index (χ0) is 12.1. The van der Waals surface area contributed by atoms with Crippen molar-refractivity contribution in [2.75, 3.05) is 13.6 Å². The van der Waals surface area contributed by atoms with Crippen LogP contribution >= 0.6 is 15.9 Å². The Morgan fingerprint density at radius 1 is 1.62 bits per heavy atom. The van der Waals surface area contributed by atoms with Gasteiger partial charge in [0, 0.05) is 30.0 Å². The molecule has 0 aromatic carbocycles. The number of aliphatic carboxylic acids is 1. The number of hydrogen-bond donors (Lipinski definition) is 1. The number of rotatable bonds is 1. The maximum atomic E-state index is 11.0. The second-order valence-corrected chi connectivity index (χ2v) is 6.32. The van der Waals surface area contributed by atoms with E-state index in [0.717, 1.165) is 12.2 Å². The minimum atomic E-state index is -0.853. The smallest absolute Gasteiger partial charge is 0.335 e. The molecule has 0 saturated carbocycles. The molecule has 2 unspecified atom stereocenters. The number of carboxylic acids is 1. The van der Waals surface area contributed by atoms with Crippen LogP contribution in [0.5, 0.6) is 0 Å². The second kappa shape index (κ2) is 3.62. The number of nitrogens with zero attached hydrogens (tertiary/aromatic N) is 1. The lowest BCUT2D eigenvalue weighted by Crippen LogP contribution is -2.30. The number of halogens is 1. The molecule has 16 heavy (non-hydrogen) atoms. The van der Waals surface area contributed by atoms with Crippen LogP contribution in [0.4, 0.5) is 0 Å². The first-order valence-electron chi connectivity index (χ1n) is 5.35. The molecule has 4 heteroatoms. The average Bonchev–Trinajstić information content (AvgIpc) is 2.37. The highest BCUT2D eigenvalue weighted by molar-refractivity contribution is 9.09. The van der Waals surface area contributed by atoms with E-state index >= 15 is 0 Å². The first-order chi connectivity index (χ1) is 7.33. The Balaban J connectivity index is 2.43. The van der Waals surface area contributed by atoms with Crippen LogP contribution in [-0.2, 0) is 4.79 Å². The van der Waals surface area contributed by atoms with E-state index in [-0.39, 0.29) is 10.2 Å². The highest BCUT2D eigenvalue weighted by Crippen LogP contribution is 2.48. The van der Waals surface area contributed by atoms with Crippen molar-refractivity contribution in [1.29, 1.82) is 0 Å². The lowest BCUT2D eigenvalue weighted by Gasteiger charge is -2.31. The topological polar surface area (TPSA) is 40.5 Å². The number of alkyl halides is 1. The Morgan fingerprint density at radius 3 is 2.81 bits per heavy atom. The summed E-state index contributed by atoms with van der Waals surface area (Å²) in [5.74, 6) is -0.492. The van der Waals surface area contributed by atoms with Crippen molar-refractivity contribution in [3.05, 3.63) is 23.4 Å². The van der Waals surface area contributed by atoms with Crippen molar-refractivity contribution < 1.29 is 9.90 Å². The summed E-state index contributed by atoms with van der Waals surface area (Å²) >= 11 is 3.60. The van der Waals surface area contributed by atoms with Crippen molar-refractivity contribution in [2.24, 2.45) is 11.3 Å². The standard InChI is InChI=1S/C12H16BrNO2/c1-12(2)6-14(3)9-5-7(11(15)16)4-8(13)10(9)12/h4-5,8,10H,6H2,1-3H3,(H,15,16). The Morgan fingerprint density at radius 2 is 2.25 bits per heavy atom. The van der Waals surface area contributed by atoms with Gasteiger partial charge in [0.05, 0.1) is 5.57 Å². The quantitative estimate of drug-likeness (QED) is 0.752. The van der Waals surface area contributed by atoms with Crippen molar-refractivity contribution in [1.82, 2.24) is 4.90 Å². The molecule has 1 N–H and O–H groups in total. The molecule has 0 spiro atoms. The molecule has 1 heterocycles. The summed E-state index contributed by atoms with van der Waals surface area (Å²) in [6.07, 6.45) is 3.61. The Hall–Kier alpha value is -0.770. The zero-order valence-corrected chi connectivity index (χ0v) is 11.3. The van der Waals surface area contributed by atoms with Crippen LogP contribution in [-0.4, -0.2) is 34.4 Å². The van der Waals surface area contributed by atoms with Gasteiger partial charge in [-0.2, -0.15) is 0 Å². The fourth-order valence-electron chi connectivity index (χ4n) is 2.84. The first kappa shape index (κ1) is 11.7. The van der Waals surface area contributed by atoms with Gasteiger partial charge in [0.2, 0.25) is 0 Å². The van der Waals surface area contributed by atoms with Gasteiger partial charge in [-0.25, -0.2) is 4.79 Å². The van der Waals surface area contributed by atoms with Crippen LogP contribution in [0, 0.1) is 11.3 Å². The number of carbonyl (C=O) groups is 1. The molecule has 0 bridgehead atoms.